The molecule has 0 spiro atoms. The molecule has 0 amide bonds. The van der Waals surface area contributed by atoms with E-state index < -0.39 is 25.0 Å². The van der Waals surface area contributed by atoms with Gasteiger partial charge in [0, 0.05) is 0 Å². The van der Waals surface area contributed by atoms with Gasteiger partial charge in [0.25, 0.3) is 0 Å². The average molecular weight is 198 g/mol. The third-order valence-corrected chi connectivity index (χ3v) is 3.08. The molecule has 56 valence electrons. The summed E-state index contributed by atoms with van der Waals surface area (Å²) >= 11 is -4.60. The molecule has 0 radical (unpaired) electrons. The summed E-state index contributed by atoms with van der Waals surface area (Å²) in [5.41, 5.74) is -1.25. The normalized spacial score (nSPS) is 13.9. The Morgan fingerprint density at radius 3 is 1.78 bits per heavy atom. The maximum atomic E-state index is 10.2. The van der Waals surface area contributed by atoms with Gasteiger partial charge < -0.3 is 0 Å². The minimum atomic E-state index is -4.60. The molecule has 0 aliphatic heterocycles. The molecule has 0 aromatic rings. The Balaban J connectivity index is 3.90. The van der Waals surface area contributed by atoms with E-state index in [1.54, 1.807) is 0 Å². The number of aliphatic hydroxyl groups is 1. The van der Waals surface area contributed by atoms with E-state index >= 15 is 0 Å². The Hall–Kier alpha value is 0.238. The van der Waals surface area contributed by atoms with E-state index in [0.717, 1.165) is 0 Å². The van der Waals surface area contributed by atoms with Gasteiger partial charge in [-0.3, -0.25) is 0 Å². The van der Waals surface area contributed by atoms with E-state index in [-0.39, 0.29) is 0 Å². The maximum absolute atomic E-state index is 10.2. The van der Waals surface area contributed by atoms with Gasteiger partial charge in [-0.2, -0.15) is 0 Å². The van der Waals surface area contributed by atoms with Crippen LogP contribution in [0.2, 0.25) is 5.21 Å². The van der Waals surface area contributed by atoms with Gasteiger partial charge >= 0.3 is 55.9 Å². The second kappa shape index (κ2) is 2.46. The average Bonchev–Trinajstić information content (AvgIpc) is 1.14. The molecule has 0 bridgehead atoms. The van der Waals surface area contributed by atoms with Crippen molar-refractivity contribution in [3.05, 3.63) is 0 Å². The molecular formula is C4H11AsO4. The van der Waals surface area contributed by atoms with Crippen LogP contribution in [0.4, 0.5) is 0 Å². The summed E-state index contributed by atoms with van der Waals surface area (Å²) in [6, 6.07) is 0. The molecule has 0 aliphatic rings. The Bertz CT molecular complexity index is 130. The van der Waals surface area contributed by atoms with Crippen LogP contribution in [-0.2, 0) is 3.74 Å². The van der Waals surface area contributed by atoms with Crippen LogP contribution in [0.5, 0.6) is 0 Å². The fourth-order valence-corrected chi connectivity index (χ4v) is 2.62. The first-order valence-corrected chi connectivity index (χ1v) is 6.25. The quantitative estimate of drug-likeness (QED) is 0.503. The molecule has 0 aromatic carbocycles. The Labute approximate surface area is 56.5 Å². The van der Waals surface area contributed by atoms with E-state index in [4.69, 9.17) is 13.3 Å². The van der Waals surface area contributed by atoms with Crippen molar-refractivity contribution in [1.82, 2.24) is 0 Å². The summed E-state index contributed by atoms with van der Waals surface area (Å²) in [7, 11) is 0. The van der Waals surface area contributed by atoms with Gasteiger partial charge in [-0.15, -0.1) is 0 Å². The Kier molecular flexibility index (Phi) is 2.53. The molecule has 4 nitrogen and oxygen atoms in total. The molecule has 3 N–H and O–H groups in total. The summed E-state index contributed by atoms with van der Waals surface area (Å²) in [4.78, 5) is 0. The third kappa shape index (κ3) is 8.24. The fourth-order valence-electron chi connectivity index (χ4n) is 0.504. The fraction of sp³-hybridized carbons (Fsp3) is 1.00. The van der Waals surface area contributed by atoms with E-state index in [0.29, 0.717) is 0 Å². The molecular weight excluding hydrogens is 187 g/mol. The molecule has 0 fully saturated rings. The van der Waals surface area contributed by atoms with E-state index in [1.807, 2.05) is 0 Å². The molecule has 0 heterocycles. The molecule has 0 saturated heterocycles. The van der Waals surface area contributed by atoms with Gasteiger partial charge in [0.15, 0.2) is 0 Å². The van der Waals surface area contributed by atoms with Crippen LogP contribution in [0.3, 0.4) is 0 Å². The van der Waals surface area contributed by atoms with E-state index in [2.05, 4.69) is 0 Å². The molecule has 0 rings (SSSR count). The van der Waals surface area contributed by atoms with Crippen LogP contribution in [-0.4, -0.2) is 33.1 Å². The molecule has 9 heavy (non-hydrogen) atoms. The molecule has 0 saturated carbocycles. The van der Waals surface area contributed by atoms with Gasteiger partial charge in [-0.1, -0.05) is 0 Å². The van der Waals surface area contributed by atoms with Gasteiger partial charge in [-0.05, 0) is 0 Å². The topological polar surface area (TPSA) is 77.8 Å². The molecule has 0 unspecified atom stereocenters. The summed E-state index contributed by atoms with van der Waals surface area (Å²) in [5.74, 6) is 0. The van der Waals surface area contributed by atoms with Crippen LogP contribution in [0, 0.1) is 0 Å². The second-order valence-corrected chi connectivity index (χ2v) is 6.09. The second-order valence-electron chi connectivity index (χ2n) is 2.64. The van der Waals surface area contributed by atoms with Gasteiger partial charge in [-0.25, -0.2) is 0 Å². The van der Waals surface area contributed by atoms with Crippen LogP contribution in [0.15, 0.2) is 0 Å². The predicted octanol–water partition coefficient (Wildman–Crippen LogP) is -0.889. The van der Waals surface area contributed by atoms with Crippen molar-refractivity contribution < 1.29 is 17.0 Å². The van der Waals surface area contributed by atoms with E-state index in [9.17, 15) is 3.74 Å². The van der Waals surface area contributed by atoms with Crippen molar-refractivity contribution in [2.24, 2.45) is 0 Å². The van der Waals surface area contributed by atoms with Crippen molar-refractivity contribution >= 4 is 14.2 Å². The monoisotopic (exact) mass is 198 g/mol. The van der Waals surface area contributed by atoms with Crippen LogP contribution >= 0.6 is 0 Å². The van der Waals surface area contributed by atoms with Crippen LogP contribution < -0.4 is 0 Å². The van der Waals surface area contributed by atoms with Gasteiger partial charge in [0.2, 0.25) is 0 Å². The van der Waals surface area contributed by atoms with E-state index in [1.165, 1.54) is 13.8 Å². The van der Waals surface area contributed by atoms with Crippen molar-refractivity contribution in [2.45, 2.75) is 24.7 Å². The zero-order valence-corrected chi connectivity index (χ0v) is 7.28. The van der Waals surface area contributed by atoms with Crippen molar-refractivity contribution in [3.8, 4) is 0 Å². The molecule has 0 atom stereocenters. The first-order chi connectivity index (χ1) is 3.71. The van der Waals surface area contributed by atoms with Crippen LogP contribution in [0.25, 0.3) is 0 Å². The zero-order valence-electron chi connectivity index (χ0n) is 5.40. The first kappa shape index (κ1) is 9.24. The molecule has 0 aromatic heterocycles. The Morgan fingerprint density at radius 2 is 1.78 bits per heavy atom. The van der Waals surface area contributed by atoms with Gasteiger partial charge in [0.1, 0.15) is 0 Å². The standard InChI is InChI=1S/C4H11AsO4/c1-4(2,6)3-5(7,8)9/h6H,3H2,1-2H3,(H2,7,8,9). The molecule has 5 heteroatoms. The SMILES string of the molecule is CC(C)(O)C[As](=O)(O)O. The zero-order chi connectivity index (χ0) is 7.71. The van der Waals surface area contributed by atoms with Crippen LogP contribution in [0.1, 0.15) is 13.8 Å². The summed E-state index contributed by atoms with van der Waals surface area (Å²) in [5, 5.41) is 8.45. The van der Waals surface area contributed by atoms with Crippen molar-refractivity contribution in [3.63, 3.8) is 0 Å². The number of hydrogen-bond donors (Lipinski definition) is 3. The number of hydrogen-bond acceptors (Lipinski definition) is 2. The summed E-state index contributed by atoms with van der Waals surface area (Å²) in [6.07, 6.45) is 0. The Morgan fingerprint density at radius 1 is 1.44 bits per heavy atom. The minimum absolute atomic E-state index is 0.425. The predicted molar refractivity (Wildman–Crippen MR) is 32.0 cm³/mol. The van der Waals surface area contributed by atoms with Crippen molar-refractivity contribution in [1.29, 1.82) is 0 Å². The number of rotatable bonds is 2. The summed E-state index contributed by atoms with van der Waals surface area (Å²) < 4.78 is 27.0. The van der Waals surface area contributed by atoms with Crippen molar-refractivity contribution in [2.75, 3.05) is 0 Å². The van der Waals surface area contributed by atoms with Gasteiger partial charge in [0.05, 0.1) is 0 Å². The first-order valence-electron chi connectivity index (χ1n) is 2.48. The molecule has 0 aliphatic carbocycles. The summed E-state index contributed by atoms with van der Waals surface area (Å²) in [6.45, 7) is 2.74. The third-order valence-electron chi connectivity index (χ3n) is 0.593.